The van der Waals surface area contributed by atoms with Gasteiger partial charge in [0, 0.05) is 4.83 Å². The number of hydrogen-bond acceptors (Lipinski definition) is 0. The van der Waals surface area contributed by atoms with Crippen LogP contribution in [0.3, 0.4) is 0 Å². The largest absolute Gasteiger partial charge is 0.118 e. The minimum atomic E-state index is -0.133. The number of alkyl halides is 2. The molecule has 1 aromatic carbocycles. The molecule has 0 fully saturated rings. The monoisotopic (exact) mass is 314 g/mol. The van der Waals surface area contributed by atoms with Gasteiger partial charge in [0.15, 0.2) is 0 Å². The van der Waals surface area contributed by atoms with Crippen molar-refractivity contribution >= 4 is 27.5 Å². The van der Waals surface area contributed by atoms with Crippen molar-refractivity contribution < 1.29 is 0 Å². The molecule has 0 nitrogen and oxygen atoms in total. The van der Waals surface area contributed by atoms with Gasteiger partial charge in [-0.1, -0.05) is 22.0 Å². The topological polar surface area (TPSA) is 0 Å². The number of fused-ring (bicyclic) bond motifs is 1. The Kier molecular flexibility index (Phi) is 3.62. The van der Waals surface area contributed by atoms with Crippen molar-refractivity contribution in [2.24, 2.45) is 0 Å². The lowest BCUT2D eigenvalue weighted by molar-refractivity contribution is 0.570. The fourth-order valence-electron chi connectivity index (χ4n) is 2.76. The molecule has 0 N–H and O–H groups in total. The van der Waals surface area contributed by atoms with Gasteiger partial charge in [0.25, 0.3) is 0 Å². The quantitative estimate of drug-likeness (QED) is 0.474. The fraction of sp³-hybridized carbons (Fsp3) is 0.600. The van der Waals surface area contributed by atoms with Crippen LogP contribution in [0.25, 0.3) is 0 Å². The van der Waals surface area contributed by atoms with E-state index in [1.54, 1.807) is 0 Å². The average molecular weight is 316 g/mol. The Labute approximate surface area is 118 Å². The van der Waals surface area contributed by atoms with Gasteiger partial charge in [-0.15, -0.1) is 11.6 Å². The third-order valence-electron chi connectivity index (χ3n) is 4.22. The number of halogens is 2. The van der Waals surface area contributed by atoms with Crippen molar-refractivity contribution in [1.29, 1.82) is 0 Å². The summed E-state index contributed by atoms with van der Waals surface area (Å²) in [6.07, 6.45) is 3.19. The zero-order valence-corrected chi connectivity index (χ0v) is 13.4. The van der Waals surface area contributed by atoms with Gasteiger partial charge < -0.3 is 0 Å². The Morgan fingerprint density at radius 1 is 1.24 bits per heavy atom. The second-order valence-corrected chi connectivity index (χ2v) is 7.51. The Morgan fingerprint density at radius 3 is 2.53 bits per heavy atom. The van der Waals surface area contributed by atoms with E-state index in [0.717, 1.165) is 19.3 Å². The smallest absolute Gasteiger partial charge is 0.0549 e. The standard InChI is InChI=1S/C15H20BrCl/c1-9-7-10(2)12-5-6-15(4,17)14(16)8-13(12)11(9)3/h7,14H,5-6,8H2,1-4H3. The molecule has 0 saturated carbocycles. The molecular weight excluding hydrogens is 296 g/mol. The Balaban J connectivity index is 2.54. The number of hydrogen-bond donors (Lipinski definition) is 0. The van der Waals surface area contributed by atoms with E-state index in [1.165, 1.54) is 27.8 Å². The van der Waals surface area contributed by atoms with Crippen molar-refractivity contribution in [1.82, 2.24) is 0 Å². The SMILES string of the molecule is Cc1cc(C)c2c(c1C)CC(Br)C(C)(Cl)CC2. The molecule has 0 aromatic heterocycles. The molecule has 0 amide bonds. The highest BCUT2D eigenvalue weighted by Gasteiger charge is 2.34. The van der Waals surface area contributed by atoms with E-state index in [1.807, 2.05) is 0 Å². The Morgan fingerprint density at radius 2 is 1.88 bits per heavy atom. The van der Waals surface area contributed by atoms with Crippen molar-refractivity contribution in [3.8, 4) is 0 Å². The highest BCUT2D eigenvalue weighted by molar-refractivity contribution is 9.09. The van der Waals surface area contributed by atoms with Crippen molar-refractivity contribution in [2.75, 3.05) is 0 Å². The van der Waals surface area contributed by atoms with Gasteiger partial charge in [0.2, 0.25) is 0 Å². The van der Waals surface area contributed by atoms with Crippen LogP contribution >= 0.6 is 27.5 Å². The van der Waals surface area contributed by atoms with E-state index in [2.05, 4.69) is 49.7 Å². The average Bonchev–Trinajstić information content (AvgIpc) is 2.35. The lowest BCUT2D eigenvalue weighted by Gasteiger charge is -2.25. The second-order valence-electron chi connectivity index (χ2n) is 5.54. The van der Waals surface area contributed by atoms with Crippen molar-refractivity contribution in [3.05, 3.63) is 33.9 Å². The first kappa shape index (κ1) is 13.4. The third kappa shape index (κ3) is 2.42. The Hall–Kier alpha value is -0.0100. The van der Waals surface area contributed by atoms with E-state index >= 15 is 0 Å². The van der Waals surface area contributed by atoms with Crippen LogP contribution in [0.1, 0.15) is 41.2 Å². The van der Waals surface area contributed by atoms with Crippen LogP contribution in [0.15, 0.2) is 6.07 Å². The van der Waals surface area contributed by atoms with Gasteiger partial charge in [-0.05, 0) is 74.8 Å². The third-order valence-corrected chi connectivity index (χ3v) is 6.27. The van der Waals surface area contributed by atoms with Crippen LogP contribution < -0.4 is 0 Å². The summed E-state index contributed by atoms with van der Waals surface area (Å²) in [6.45, 7) is 8.82. The predicted octanol–water partition coefficient (Wildman–Crippen LogP) is 4.86. The lowest BCUT2D eigenvalue weighted by atomic mass is 9.91. The van der Waals surface area contributed by atoms with Gasteiger partial charge in [-0.25, -0.2) is 0 Å². The zero-order valence-electron chi connectivity index (χ0n) is 11.0. The number of aryl methyl sites for hydroxylation is 2. The maximum Gasteiger partial charge on any atom is 0.0549 e. The predicted molar refractivity (Wildman–Crippen MR) is 79.7 cm³/mol. The summed E-state index contributed by atoms with van der Waals surface area (Å²) in [6, 6.07) is 2.31. The van der Waals surface area contributed by atoms with Gasteiger partial charge in [0.1, 0.15) is 0 Å². The highest BCUT2D eigenvalue weighted by Crippen LogP contribution is 2.39. The molecule has 2 atom stereocenters. The molecule has 0 spiro atoms. The van der Waals surface area contributed by atoms with Crippen LogP contribution in [0, 0.1) is 20.8 Å². The van der Waals surface area contributed by atoms with Crippen LogP contribution in [0.2, 0.25) is 0 Å². The van der Waals surface area contributed by atoms with Crippen LogP contribution in [0.5, 0.6) is 0 Å². The second kappa shape index (κ2) is 4.59. The first-order valence-corrected chi connectivity index (χ1v) is 7.54. The molecule has 17 heavy (non-hydrogen) atoms. The van der Waals surface area contributed by atoms with Gasteiger partial charge in [-0.3, -0.25) is 0 Å². The van der Waals surface area contributed by atoms with E-state index in [4.69, 9.17) is 11.6 Å². The molecule has 2 heteroatoms. The van der Waals surface area contributed by atoms with E-state index in [9.17, 15) is 0 Å². The summed E-state index contributed by atoms with van der Waals surface area (Å²) in [7, 11) is 0. The number of rotatable bonds is 0. The Bertz CT molecular complexity index is 449. The first-order chi connectivity index (χ1) is 7.83. The molecule has 0 saturated heterocycles. The molecule has 2 rings (SSSR count). The van der Waals surface area contributed by atoms with E-state index < -0.39 is 0 Å². The lowest BCUT2D eigenvalue weighted by Crippen LogP contribution is -2.29. The van der Waals surface area contributed by atoms with E-state index in [-0.39, 0.29) is 4.87 Å². The summed E-state index contributed by atoms with van der Waals surface area (Å²) >= 11 is 10.4. The van der Waals surface area contributed by atoms with Gasteiger partial charge in [-0.2, -0.15) is 0 Å². The van der Waals surface area contributed by atoms with Crippen LogP contribution in [0.4, 0.5) is 0 Å². The molecule has 2 unspecified atom stereocenters. The fourth-order valence-corrected chi connectivity index (χ4v) is 3.49. The van der Waals surface area contributed by atoms with Crippen molar-refractivity contribution in [3.63, 3.8) is 0 Å². The first-order valence-electron chi connectivity index (χ1n) is 6.24. The minimum absolute atomic E-state index is 0.133. The normalized spacial score (nSPS) is 28.7. The van der Waals surface area contributed by atoms with Gasteiger partial charge in [0.05, 0.1) is 4.87 Å². The summed E-state index contributed by atoms with van der Waals surface area (Å²) in [5, 5.41) is 0. The molecule has 1 aliphatic carbocycles. The molecule has 1 aromatic rings. The van der Waals surface area contributed by atoms with Gasteiger partial charge >= 0.3 is 0 Å². The molecule has 0 radical (unpaired) electrons. The summed E-state index contributed by atoms with van der Waals surface area (Å²) in [5.41, 5.74) is 7.33. The molecule has 1 aliphatic rings. The molecule has 0 heterocycles. The summed E-state index contributed by atoms with van der Waals surface area (Å²) < 4.78 is 0. The molecule has 0 aliphatic heterocycles. The summed E-state index contributed by atoms with van der Waals surface area (Å²) in [5.74, 6) is 0. The summed E-state index contributed by atoms with van der Waals surface area (Å²) in [4.78, 5) is 0.226. The van der Waals surface area contributed by atoms with Crippen LogP contribution in [-0.2, 0) is 12.8 Å². The van der Waals surface area contributed by atoms with Crippen LogP contribution in [-0.4, -0.2) is 9.70 Å². The minimum Gasteiger partial charge on any atom is -0.118 e. The zero-order chi connectivity index (χ0) is 12.8. The molecule has 94 valence electrons. The van der Waals surface area contributed by atoms with E-state index in [0.29, 0.717) is 4.83 Å². The maximum absolute atomic E-state index is 6.61. The maximum atomic E-state index is 6.61. The number of benzene rings is 1. The highest BCUT2D eigenvalue weighted by atomic mass is 79.9. The molecular formula is C15H20BrCl. The molecule has 0 bridgehead atoms. The van der Waals surface area contributed by atoms with Crippen molar-refractivity contribution in [2.45, 2.75) is 56.7 Å².